The third-order valence-electron chi connectivity index (χ3n) is 6.14. The molecule has 4 aliphatic rings. The lowest BCUT2D eigenvalue weighted by Crippen LogP contribution is -2.34. The Morgan fingerprint density at radius 2 is 2.05 bits per heavy atom. The van der Waals surface area contributed by atoms with Gasteiger partial charge in [0.1, 0.15) is 0 Å². The number of hydrogen-bond acceptors (Lipinski definition) is 3. The van der Waals surface area contributed by atoms with Gasteiger partial charge in [-0.25, -0.2) is 0 Å². The van der Waals surface area contributed by atoms with Crippen molar-refractivity contribution in [2.75, 3.05) is 6.61 Å². The van der Waals surface area contributed by atoms with Gasteiger partial charge in [-0.15, -0.1) is 0 Å². The Morgan fingerprint density at radius 1 is 1.23 bits per heavy atom. The molecule has 2 aliphatic heterocycles. The summed E-state index contributed by atoms with van der Waals surface area (Å²) in [4.78, 5) is 11.6. The van der Waals surface area contributed by atoms with Crippen molar-refractivity contribution in [2.24, 2.45) is 23.5 Å². The Balaban J connectivity index is 1.61. The summed E-state index contributed by atoms with van der Waals surface area (Å²) in [6.07, 6.45) is 11.3. The molecule has 0 saturated heterocycles. The van der Waals surface area contributed by atoms with Crippen LogP contribution in [0.25, 0.3) is 0 Å². The third-order valence-corrected chi connectivity index (χ3v) is 6.14. The molecule has 0 aromatic heterocycles. The monoisotopic (exact) mass is 302 g/mol. The number of carbonyl (C=O) groups excluding carboxylic acids is 1. The molecule has 3 atom stereocenters. The molecule has 0 radical (unpaired) electrons. The van der Waals surface area contributed by atoms with Gasteiger partial charge in [-0.2, -0.15) is 0 Å². The first-order valence-corrected chi connectivity index (χ1v) is 8.82. The zero-order valence-corrected chi connectivity index (χ0v) is 13.1. The summed E-state index contributed by atoms with van der Waals surface area (Å²) in [6.45, 7) is 0.819. The van der Waals surface area contributed by atoms with E-state index in [0.717, 1.165) is 38.2 Å². The minimum atomic E-state index is -0.141. The van der Waals surface area contributed by atoms with Crippen molar-refractivity contribution in [1.29, 1.82) is 0 Å². The molecular weight excluding hydrogens is 276 g/mol. The van der Waals surface area contributed by atoms with Crippen LogP contribution in [0.1, 0.15) is 51.4 Å². The van der Waals surface area contributed by atoms with Crippen LogP contribution in [0.2, 0.25) is 0 Å². The van der Waals surface area contributed by atoms with Gasteiger partial charge in [-0.1, -0.05) is 12.8 Å². The average Bonchev–Trinajstić information content (AvgIpc) is 3.25. The van der Waals surface area contributed by atoms with Gasteiger partial charge in [-0.3, -0.25) is 4.79 Å². The molecule has 0 bridgehead atoms. The lowest BCUT2D eigenvalue weighted by atomic mass is 9.74. The quantitative estimate of drug-likeness (QED) is 0.842. The highest BCUT2D eigenvalue weighted by atomic mass is 16.5. The number of amides is 1. The second-order valence-corrected chi connectivity index (χ2v) is 7.35. The number of hydrogen-bond donors (Lipinski definition) is 2. The Labute approximate surface area is 132 Å². The van der Waals surface area contributed by atoms with E-state index in [1.54, 1.807) is 5.57 Å². The van der Waals surface area contributed by atoms with Crippen LogP contribution >= 0.6 is 0 Å². The number of allylic oxidation sites excluding steroid dienone is 1. The van der Waals surface area contributed by atoms with Gasteiger partial charge in [-0.05, 0) is 49.2 Å². The molecule has 3 unspecified atom stereocenters. The fraction of sp³-hybridized carbons (Fsp3) is 0.722. The molecule has 0 aromatic rings. The van der Waals surface area contributed by atoms with Crippen molar-refractivity contribution >= 4 is 5.91 Å². The predicted octanol–water partition coefficient (Wildman–Crippen LogP) is 2.61. The minimum Gasteiger partial charge on any atom is -0.501 e. The first-order chi connectivity index (χ1) is 10.7. The maximum atomic E-state index is 11.6. The maximum absolute atomic E-state index is 11.6. The summed E-state index contributed by atoms with van der Waals surface area (Å²) in [7, 11) is 0. The van der Waals surface area contributed by atoms with Crippen LogP contribution in [0.5, 0.6) is 0 Å². The van der Waals surface area contributed by atoms with Gasteiger partial charge < -0.3 is 15.8 Å². The van der Waals surface area contributed by atoms with E-state index in [2.05, 4.69) is 5.32 Å². The molecule has 4 nitrogen and oxygen atoms in total. The molecule has 3 N–H and O–H groups in total. The van der Waals surface area contributed by atoms with Crippen molar-refractivity contribution in [3.8, 4) is 0 Å². The Bertz CT molecular complexity index is 531. The normalized spacial score (nSPS) is 35.1. The predicted molar refractivity (Wildman–Crippen MR) is 84.6 cm³/mol. The minimum absolute atomic E-state index is 0.0167. The number of carbonyl (C=O) groups is 1. The molecular formula is C18H26N2O2. The van der Waals surface area contributed by atoms with Crippen LogP contribution in [0.15, 0.2) is 23.1 Å². The summed E-state index contributed by atoms with van der Waals surface area (Å²) in [6, 6.07) is 0.405. The standard InChI is InChI=1S/C18H26N2O2/c19-18(21)12-5-6-14-15(9-12)20-17(13-7-8-22-10-13)16(14)11-3-1-2-4-11/h10-12,16-17,20H,1-9H2,(H2,19,21). The van der Waals surface area contributed by atoms with Crippen LogP contribution in [0, 0.1) is 17.8 Å². The molecule has 22 heavy (non-hydrogen) atoms. The summed E-state index contributed by atoms with van der Waals surface area (Å²) in [5.74, 6) is 1.30. The van der Waals surface area contributed by atoms with Gasteiger partial charge >= 0.3 is 0 Å². The van der Waals surface area contributed by atoms with Crippen molar-refractivity contribution in [1.82, 2.24) is 5.32 Å². The summed E-state index contributed by atoms with van der Waals surface area (Å²) in [5.41, 5.74) is 9.88. The summed E-state index contributed by atoms with van der Waals surface area (Å²) in [5, 5.41) is 3.77. The zero-order valence-electron chi connectivity index (χ0n) is 13.1. The lowest BCUT2D eigenvalue weighted by Gasteiger charge is -2.29. The summed E-state index contributed by atoms with van der Waals surface area (Å²) < 4.78 is 5.50. The Morgan fingerprint density at radius 3 is 2.73 bits per heavy atom. The second kappa shape index (κ2) is 5.64. The largest absolute Gasteiger partial charge is 0.501 e. The number of primary amides is 1. The molecule has 2 heterocycles. The molecule has 0 spiro atoms. The van der Waals surface area contributed by atoms with E-state index in [-0.39, 0.29) is 11.8 Å². The number of nitrogens with two attached hydrogens (primary N) is 1. The molecule has 4 rings (SSSR count). The first-order valence-electron chi connectivity index (χ1n) is 8.82. The highest BCUT2D eigenvalue weighted by Gasteiger charge is 2.44. The van der Waals surface area contributed by atoms with Gasteiger partial charge in [0, 0.05) is 24.0 Å². The molecule has 1 amide bonds. The molecule has 4 heteroatoms. The van der Waals surface area contributed by atoms with Gasteiger partial charge in [0.15, 0.2) is 0 Å². The SMILES string of the molecule is NC(=O)C1CCC2=C(C1)NC(C1=COCC1)C2C1CCCC1. The third kappa shape index (κ3) is 2.33. The zero-order chi connectivity index (χ0) is 15.1. The fourth-order valence-corrected chi connectivity index (χ4v) is 5.03. The van der Waals surface area contributed by atoms with E-state index < -0.39 is 0 Å². The van der Waals surface area contributed by atoms with E-state index >= 15 is 0 Å². The van der Waals surface area contributed by atoms with Crippen molar-refractivity contribution in [2.45, 2.75) is 57.4 Å². The van der Waals surface area contributed by atoms with Crippen LogP contribution in [0.4, 0.5) is 0 Å². The number of rotatable bonds is 3. The van der Waals surface area contributed by atoms with E-state index in [1.165, 1.54) is 37.0 Å². The van der Waals surface area contributed by atoms with Crippen LogP contribution in [-0.4, -0.2) is 18.6 Å². The van der Waals surface area contributed by atoms with Gasteiger partial charge in [0.25, 0.3) is 0 Å². The van der Waals surface area contributed by atoms with Crippen LogP contribution in [-0.2, 0) is 9.53 Å². The Hall–Kier alpha value is -1.45. The lowest BCUT2D eigenvalue weighted by molar-refractivity contribution is -0.122. The number of ether oxygens (including phenoxy) is 1. The van der Waals surface area contributed by atoms with Crippen molar-refractivity contribution in [3.05, 3.63) is 23.1 Å². The average molecular weight is 302 g/mol. The maximum Gasteiger partial charge on any atom is 0.220 e. The van der Waals surface area contributed by atoms with E-state index in [9.17, 15) is 4.79 Å². The van der Waals surface area contributed by atoms with Crippen LogP contribution in [0.3, 0.4) is 0 Å². The van der Waals surface area contributed by atoms with Crippen molar-refractivity contribution < 1.29 is 9.53 Å². The highest BCUT2D eigenvalue weighted by molar-refractivity contribution is 5.77. The first kappa shape index (κ1) is 14.2. The van der Waals surface area contributed by atoms with Gasteiger partial charge in [0.2, 0.25) is 5.91 Å². The molecule has 1 fully saturated rings. The van der Waals surface area contributed by atoms with E-state index in [4.69, 9.17) is 10.5 Å². The van der Waals surface area contributed by atoms with Crippen molar-refractivity contribution in [3.63, 3.8) is 0 Å². The smallest absolute Gasteiger partial charge is 0.220 e. The topological polar surface area (TPSA) is 64.4 Å². The molecule has 1 saturated carbocycles. The summed E-state index contributed by atoms with van der Waals surface area (Å²) >= 11 is 0. The van der Waals surface area contributed by atoms with E-state index in [1.807, 2.05) is 6.26 Å². The highest BCUT2D eigenvalue weighted by Crippen LogP contribution is 2.48. The Kier molecular flexibility index (Phi) is 3.63. The van der Waals surface area contributed by atoms with E-state index in [0.29, 0.717) is 12.0 Å². The van der Waals surface area contributed by atoms with Crippen LogP contribution < -0.4 is 11.1 Å². The van der Waals surface area contributed by atoms with Gasteiger partial charge in [0.05, 0.1) is 18.9 Å². The fourth-order valence-electron chi connectivity index (χ4n) is 5.03. The molecule has 0 aromatic carbocycles. The second-order valence-electron chi connectivity index (χ2n) is 7.35. The molecule has 2 aliphatic carbocycles. The number of nitrogens with one attached hydrogen (secondary N) is 1. The molecule has 120 valence electrons.